The van der Waals surface area contributed by atoms with Crippen molar-refractivity contribution in [1.82, 2.24) is 0 Å². The zero-order valence-electron chi connectivity index (χ0n) is 18.0. The number of hydrogen-bond acceptors (Lipinski definition) is 5. The van der Waals surface area contributed by atoms with Gasteiger partial charge in [0, 0.05) is 6.21 Å². The molecule has 0 saturated heterocycles. The molecule has 3 aromatic carbocycles. The summed E-state index contributed by atoms with van der Waals surface area (Å²) in [6.45, 7) is 8.03. The molecule has 0 saturated carbocycles. The van der Waals surface area contributed by atoms with Crippen LogP contribution in [-0.2, 0) is 10.0 Å². The van der Waals surface area contributed by atoms with Crippen LogP contribution in [0.1, 0.15) is 29.2 Å². The lowest BCUT2D eigenvalue weighted by atomic mass is 10.1. The van der Waals surface area contributed by atoms with Crippen molar-refractivity contribution in [2.75, 3.05) is 11.3 Å². The number of rotatable bonds is 7. The maximum Gasteiger partial charge on any atom is 0.261 e. The summed E-state index contributed by atoms with van der Waals surface area (Å²) in [6, 6.07) is 15.2. The van der Waals surface area contributed by atoms with Gasteiger partial charge in [0.05, 0.1) is 22.9 Å². The number of benzene rings is 3. The van der Waals surface area contributed by atoms with Crippen LogP contribution in [0.2, 0.25) is 0 Å². The number of phenolic OH excluding ortho intramolecular Hbond substituents is 1. The average Bonchev–Trinajstić information content (AvgIpc) is 2.72. The molecular weight excluding hydrogens is 412 g/mol. The van der Waals surface area contributed by atoms with Gasteiger partial charge < -0.3 is 9.84 Å². The first-order chi connectivity index (χ1) is 14.7. The molecule has 0 unspecified atom stereocenters. The third-order valence-electron chi connectivity index (χ3n) is 4.71. The van der Waals surface area contributed by atoms with E-state index in [1.807, 2.05) is 39.8 Å². The lowest BCUT2D eigenvalue weighted by Crippen LogP contribution is -2.14. The number of nitrogens with zero attached hydrogens (tertiary/aromatic N) is 1. The van der Waals surface area contributed by atoms with Crippen molar-refractivity contribution in [3.8, 4) is 11.5 Å². The highest BCUT2D eigenvalue weighted by molar-refractivity contribution is 7.92. The van der Waals surface area contributed by atoms with Gasteiger partial charge in [-0.1, -0.05) is 17.7 Å². The van der Waals surface area contributed by atoms with Crippen LogP contribution in [0.5, 0.6) is 11.5 Å². The summed E-state index contributed by atoms with van der Waals surface area (Å²) in [6.07, 6.45) is 1.63. The fourth-order valence-electron chi connectivity index (χ4n) is 3.28. The molecule has 0 amide bonds. The topological polar surface area (TPSA) is 88.0 Å². The smallest absolute Gasteiger partial charge is 0.261 e. The van der Waals surface area contributed by atoms with Crippen LogP contribution < -0.4 is 9.46 Å². The molecule has 0 fully saturated rings. The minimum absolute atomic E-state index is 0.0695. The van der Waals surface area contributed by atoms with Crippen LogP contribution in [0.3, 0.4) is 0 Å². The van der Waals surface area contributed by atoms with Crippen molar-refractivity contribution in [3.63, 3.8) is 0 Å². The van der Waals surface area contributed by atoms with E-state index in [1.165, 1.54) is 12.1 Å². The fourth-order valence-corrected chi connectivity index (χ4v) is 4.48. The molecule has 31 heavy (non-hydrogen) atoms. The minimum Gasteiger partial charge on any atom is -0.504 e. The first-order valence-corrected chi connectivity index (χ1v) is 11.4. The van der Waals surface area contributed by atoms with Crippen LogP contribution in [0.15, 0.2) is 64.5 Å². The Balaban J connectivity index is 1.78. The van der Waals surface area contributed by atoms with Crippen LogP contribution in [0.4, 0.5) is 11.4 Å². The zero-order valence-corrected chi connectivity index (χ0v) is 18.8. The first-order valence-electron chi connectivity index (χ1n) is 9.90. The Morgan fingerprint density at radius 2 is 1.65 bits per heavy atom. The van der Waals surface area contributed by atoms with E-state index in [-0.39, 0.29) is 10.6 Å². The highest BCUT2D eigenvalue weighted by Gasteiger charge is 2.16. The van der Waals surface area contributed by atoms with Crippen LogP contribution in [0, 0.1) is 20.8 Å². The van der Waals surface area contributed by atoms with Gasteiger partial charge in [-0.2, -0.15) is 0 Å². The van der Waals surface area contributed by atoms with Crippen molar-refractivity contribution in [2.45, 2.75) is 32.6 Å². The average molecular weight is 439 g/mol. The van der Waals surface area contributed by atoms with E-state index in [2.05, 4.69) is 9.71 Å². The van der Waals surface area contributed by atoms with Crippen LogP contribution in [-0.4, -0.2) is 26.3 Å². The number of phenols is 1. The molecule has 0 aromatic heterocycles. The SMILES string of the molecule is CCOc1cc(C=Nc2ccc(S(=O)(=O)Nc3c(C)cc(C)cc3C)cc2)ccc1O. The number of aromatic hydroxyl groups is 1. The third kappa shape index (κ3) is 5.44. The summed E-state index contributed by atoms with van der Waals surface area (Å²) < 4.78 is 33.7. The maximum atomic E-state index is 12.8. The highest BCUT2D eigenvalue weighted by atomic mass is 32.2. The Morgan fingerprint density at radius 3 is 2.26 bits per heavy atom. The molecule has 0 heterocycles. The van der Waals surface area contributed by atoms with Gasteiger partial charge >= 0.3 is 0 Å². The van der Waals surface area contributed by atoms with Gasteiger partial charge in [-0.3, -0.25) is 9.71 Å². The normalized spacial score (nSPS) is 11.6. The molecular formula is C24H26N2O4S. The molecule has 162 valence electrons. The highest BCUT2D eigenvalue weighted by Crippen LogP contribution is 2.27. The molecule has 0 aliphatic rings. The summed E-state index contributed by atoms with van der Waals surface area (Å²) in [5.74, 6) is 0.459. The molecule has 0 bridgehead atoms. The Hall–Kier alpha value is -3.32. The number of aliphatic imine (C=N–C) groups is 1. The van der Waals surface area contributed by atoms with Gasteiger partial charge in [-0.25, -0.2) is 8.42 Å². The summed E-state index contributed by atoms with van der Waals surface area (Å²) in [4.78, 5) is 4.54. The Kier molecular flexibility index (Phi) is 6.65. The van der Waals surface area contributed by atoms with Crippen LogP contribution >= 0.6 is 0 Å². The molecule has 2 N–H and O–H groups in total. The van der Waals surface area contributed by atoms with Gasteiger partial charge in [0.25, 0.3) is 10.0 Å². The number of ether oxygens (including phenoxy) is 1. The quantitative estimate of drug-likeness (QED) is 0.492. The van der Waals surface area contributed by atoms with E-state index < -0.39 is 10.0 Å². The van der Waals surface area contributed by atoms with E-state index in [9.17, 15) is 13.5 Å². The second-order valence-electron chi connectivity index (χ2n) is 7.29. The van der Waals surface area contributed by atoms with Crippen molar-refractivity contribution in [2.24, 2.45) is 4.99 Å². The van der Waals surface area contributed by atoms with Crippen LogP contribution in [0.25, 0.3) is 0 Å². The third-order valence-corrected chi connectivity index (χ3v) is 6.07. The van der Waals surface area contributed by atoms with Gasteiger partial charge in [-0.05, 0) is 86.8 Å². The lowest BCUT2D eigenvalue weighted by Gasteiger charge is -2.14. The summed E-state index contributed by atoms with van der Waals surface area (Å²) in [7, 11) is -3.72. The van der Waals surface area contributed by atoms with E-state index >= 15 is 0 Å². The first kappa shape index (κ1) is 22.4. The molecule has 0 atom stereocenters. The molecule has 0 spiro atoms. The Morgan fingerprint density at radius 1 is 1.00 bits per heavy atom. The monoisotopic (exact) mass is 438 g/mol. The molecule has 6 nitrogen and oxygen atoms in total. The van der Waals surface area contributed by atoms with Crippen molar-refractivity contribution in [3.05, 3.63) is 76.9 Å². The summed E-state index contributed by atoms with van der Waals surface area (Å²) in [5.41, 5.74) is 4.80. The fraction of sp³-hybridized carbons (Fsp3) is 0.208. The zero-order chi connectivity index (χ0) is 22.6. The molecule has 3 aromatic rings. The van der Waals surface area contributed by atoms with Gasteiger partial charge in [-0.15, -0.1) is 0 Å². The van der Waals surface area contributed by atoms with E-state index in [0.29, 0.717) is 23.7 Å². The minimum atomic E-state index is -3.72. The summed E-state index contributed by atoms with van der Waals surface area (Å²) >= 11 is 0. The lowest BCUT2D eigenvalue weighted by molar-refractivity contribution is 0.318. The largest absolute Gasteiger partial charge is 0.504 e. The Bertz CT molecular complexity index is 1190. The van der Waals surface area contributed by atoms with E-state index in [4.69, 9.17) is 4.74 Å². The predicted octanol–water partition coefficient (Wildman–Crippen LogP) is 5.27. The molecule has 3 rings (SSSR count). The van der Waals surface area contributed by atoms with Gasteiger partial charge in [0.1, 0.15) is 0 Å². The molecule has 0 aliphatic carbocycles. The van der Waals surface area contributed by atoms with Crippen molar-refractivity contribution in [1.29, 1.82) is 0 Å². The van der Waals surface area contributed by atoms with E-state index in [0.717, 1.165) is 22.3 Å². The molecule has 0 radical (unpaired) electrons. The molecule has 0 aliphatic heterocycles. The van der Waals surface area contributed by atoms with E-state index in [1.54, 1.807) is 36.5 Å². The Labute approximate surface area is 183 Å². The number of anilines is 1. The van der Waals surface area contributed by atoms with Crippen molar-refractivity contribution < 1.29 is 18.3 Å². The van der Waals surface area contributed by atoms with Gasteiger partial charge in [0.2, 0.25) is 0 Å². The number of aryl methyl sites for hydroxylation is 3. The second kappa shape index (κ2) is 9.22. The standard InChI is InChI=1S/C24H26N2O4S/c1-5-30-23-14-19(6-11-22(23)27)15-25-20-7-9-21(10-8-20)31(28,29)26-24-17(3)12-16(2)13-18(24)4/h6-15,26-27H,5H2,1-4H3. The number of nitrogens with one attached hydrogen (secondary N) is 1. The second-order valence-corrected chi connectivity index (χ2v) is 8.97. The van der Waals surface area contributed by atoms with Gasteiger partial charge in [0.15, 0.2) is 11.5 Å². The predicted molar refractivity (Wildman–Crippen MR) is 124 cm³/mol. The summed E-state index contributed by atoms with van der Waals surface area (Å²) in [5, 5.41) is 9.78. The number of sulfonamides is 1. The van der Waals surface area contributed by atoms with Crippen molar-refractivity contribution >= 4 is 27.6 Å². The maximum absolute atomic E-state index is 12.8. The number of hydrogen-bond donors (Lipinski definition) is 2. The molecule has 7 heteroatoms.